The number of benzene rings is 1. The minimum Gasteiger partial charge on any atom is -0.465 e. The Kier molecular flexibility index (Phi) is 4.54. The van der Waals surface area contributed by atoms with Crippen LogP contribution in [0.4, 0.5) is 15.8 Å². The first-order valence-corrected chi connectivity index (χ1v) is 5.48. The summed E-state index contributed by atoms with van der Waals surface area (Å²) in [5.41, 5.74) is 6.37. The number of nitrogens with one attached hydrogen (secondary N) is 1. The zero-order valence-corrected chi connectivity index (χ0v) is 10.3. The number of hydrogen-bond acceptors (Lipinski definition) is 4. The molecule has 0 radical (unpaired) electrons. The van der Waals surface area contributed by atoms with Crippen molar-refractivity contribution in [2.75, 3.05) is 24.2 Å². The van der Waals surface area contributed by atoms with E-state index < -0.39 is 11.8 Å². The third-order valence-corrected chi connectivity index (χ3v) is 2.43. The summed E-state index contributed by atoms with van der Waals surface area (Å²) in [5.74, 6) is -0.856. The Labute approximate surface area is 101 Å². The molecule has 0 aliphatic heterocycles. The molecule has 0 fully saturated rings. The largest absolute Gasteiger partial charge is 0.465 e. The average Bonchev–Trinajstić information content (AvgIpc) is 2.22. The first-order valence-electron chi connectivity index (χ1n) is 4.68. The predicted octanol–water partition coefficient (Wildman–Crippen LogP) is 2.15. The van der Waals surface area contributed by atoms with Gasteiger partial charge in [-0.25, -0.2) is 4.39 Å². The van der Waals surface area contributed by atoms with Crippen molar-refractivity contribution in [1.29, 1.82) is 0 Å². The van der Waals surface area contributed by atoms with E-state index in [1.807, 2.05) is 0 Å². The van der Waals surface area contributed by atoms with Gasteiger partial charge in [-0.05, 0) is 28.9 Å². The van der Waals surface area contributed by atoms with Crippen LogP contribution in [0.2, 0.25) is 0 Å². The van der Waals surface area contributed by atoms with Crippen molar-refractivity contribution < 1.29 is 13.9 Å². The van der Waals surface area contributed by atoms with Crippen LogP contribution in [-0.2, 0) is 9.53 Å². The number of nitrogens with two attached hydrogens (primary N) is 1. The summed E-state index contributed by atoms with van der Waals surface area (Å²) in [6.45, 7) is 1.98. The lowest BCUT2D eigenvalue weighted by atomic mass is 10.2. The maximum absolute atomic E-state index is 13.2. The van der Waals surface area contributed by atoms with Crippen LogP contribution in [0, 0.1) is 5.82 Å². The molecule has 0 aromatic heterocycles. The van der Waals surface area contributed by atoms with Crippen LogP contribution in [0.3, 0.4) is 0 Å². The number of nitrogen functional groups attached to an aromatic ring is 1. The van der Waals surface area contributed by atoms with Crippen molar-refractivity contribution in [2.24, 2.45) is 0 Å². The number of halogens is 2. The van der Waals surface area contributed by atoms with E-state index in [4.69, 9.17) is 10.5 Å². The summed E-state index contributed by atoms with van der Waals surface area (Å²) < 4.78 is 18.2. The molecule has 88 valence electrons. The molecule has 6 heteroatoms. The Balaban J connectivity index is 2.67. The molecule has 0 amide bonds. The monoisotopic (exact) mass is 290 g/mol. The minimum absolute atomic E-state index is 0.0425. The lowest BCUT2D eigenvalue weighted by Crippen LogP contribution is -2.17. The molecular weight excluding hydrogens is 279 g/mol. The number of esters is 1. The van der Waals surface area contributed by atoms with Gasteiger partial charge in [0.25, 0.3) is 0 Å². The summed E-state index contributed by atoms with van der Waals surface area (Å²) in [6, 6.07) is 2.65. The molecule has 0 saturated heterocycles. The van der Waals surface area contributed by atoms with E-state index in [0.717, 1.165) is 0 Å². The van der Waals surface area contributed by atoms with E-state index in [2.05, 4.69) is 21.2 Å². The van der Waals surface area contributed by atoms with Crippen LogP contribution >= 0.6 is 15.9 Å². The van der Waals surface area contributed by atoms with Crippen molar-refractivity contribution in [2.45, 2.75) is 6.92 Å². The Hall–Kier alpha value is -1.30. The number of rotatable bonds is 4. The standard InChI is InChI=1S/C10H12BrFN2O2/c1-2-16-10(15)5-14-9-4-7(12)6(11)3-8(9)13/h3-4,14H,2,5,13H2,1H3. The summed E-state index contributed by atoms with van der Waals surface area (Å²) in [4.78, 5) is 11.1. The number of ether oxygens (including phenoxy) is 1. The highest BCUT2D eigenvalue weighted by atomic mass is 79.9. The first-order chi connectivity index (χ1) is 7.54. The predicted molar refractivity (Wildman–Crippen MR) is 63.6 cm³/mol. The van der Waals surface area contributed by atoms with Crippen LogP contribution < -0.4 is 11.1 Å². The maximum Gasteiger partial charge on any atom is 0.325 e. The Morgan fingerprint density at radius 1 is 1.62 bits per heavy atom. The van der Waals surface area contributed by atoms with E-state index in [-0.39, 0.29) is 11.0 Å². The second kappa shape index (κ2) is 5.69. The molecule has 0 unspecified atom stereocenters. The van der Waals surface area contributed by atoms with Crippen LogP contribution in [0.15, 0.2) is 16.6 Å². The van der Waals surface area contributed by atoms with E-state index in [9.17, 15) is 9.18 Å². The molecule has 3 N–H and O–H groups in total. The van der Waals surface area contributed by atoms with E-state index >= 15 is 0 Å². The van der Waals surface area contributed by atoms with Gasteiger partial charge in [0, 0.05) is 6.07 Å². The summed E-state index contributed by atoms with van der Waals surface area (Å²) >= 11 is 3.01. The van der Waals surface area contributed by atoms with Crippen molar-refractivity contribution in [3.63, 3.8) is 0 Å². The van der Waals surface area contributed by atoms with E-state index in [0.29, 0.717) is 18.0 Å². The number of carbonyl (C=O) groups is 1. The maximum atomic E-state index is 13.2. The number of hydrogen-bond donors (Lipinski definition) is 2. The zero-order valence-electron chi connectivity index (χ0n) is 8.72. The van der Waals surface area contributed by atoms with Crippen LogP contribution in [-0.4, -0.2) is 19.1 Å². The molecule has 16 heavy (non-hydrogen) atoms. The van der Waals surface area contributed by atoms with Crippen molar-refractivity contribution in [3.05, 3.63) is 22.4 Å². The van der Waals surface area contributed by atoms with Crippen LogP contribution in [0.25, 0.3) is 0 Å². The summed E-state index contributed by atoms with van der Waals surface area (Å²) in [6.07, 6.45) is 0. The topological polar surface area (TPSA) is 64.3 Å². The SMILES string of the molecule is CCOC(=O)CNc1cc(F)c(Br)cc1N. The van der Waals surface area contributed by atoms with Gasteiger partial charge in [0.05, 0.1) is 22.5 Å². The molecule has 0 saturated carbocycles. The minimum atomic E-state index is -0.444. The molecule has 0 aliphatic rings. The highest BCUT2D eigenvalue weighted by Gasteiger charge is 2.07. The Bertz CT molecular complexity index is 399. The van der Waals surface area contributed by atoms with Gasteiger partial charge in [0.1, 0.15) is 12.4 Å². The van der Waals surface area contributed by atoms with Gasteiger partial charge < -0.3 is 15.8 Å². The lowest BCUT2D eigenvalue weighted by molar-refractivity contribution is -0.140. The smallest absolute Gasteiger partial charge is 0.325 e. The second-order valence-electron chi connectivity index (χ2n) is 3.01. The number of carbonyl (C=O) groups excluding carboxylic acids is 1. The van der Waals surface area contributed by atoms with Crippen LogP contribution in [0.1, 0.15) is 6.92 Å². The molecule has 1 aromatic rings. The quantitative estimate of drug-likeness (QED) is 0.659. The normalized spacial score (nSPS) is 9.94. The Morgan fingerprint density at radius 2 is 2.31 bits per heavy atom. The fourth-order valence-electron chi connectivity index (χ4n) is 1.09. The molecule has 0 bridgehead atoms. The number of anilines is 2. The third kappa shape index (κ3) is 3.37. The van der Waals surface area contributed by atoms with Gasteiger partial charge in [-0.1, -0.05) is 0 Å². The van der Waals surface area contributed by atoms with Gasteiger partial charge in [0.2, 0.25) is 0 Å². The average molecular weight is 291 g/mol. The molecule has 0 aliphatic carbocycles. The molecule has 0 spiro atoms. The second-order valence-corrected chi connectivity index (χ2v) is 3.87. The highest BCUT2D eigenvalue weighted by Crippen LogP contribution is 2.26. The first kappa shape index (κ1) is 12.8. The van der Waals surface area contributed by atoms with E-state index in [1.165, 1.54) is 12.1 Å². The molecule has 1 aromatic carbocycles. The lowest BCUT2D eigenvalue weighted by Gasteiger charge is -2.09. The van der Waals surface area contributed by atoms with Gasteiger partial charge in [-0.15, -0.1) is 0 Å². The molecule has 0 atom stereocenters. The van der Waals surface area contributed by atoms with E-state index in [1.54, 1.807) is 6.92 Å². The molecular formula is C10H12BrFN2O2. The highest BCUT2D eigenvalue weighted by molar-refractivity contribution is 9.10. The molecule has 4 nitrogen and oxygen atoms in total. The van der Waals surface area contributed by atoms with Gasteiger partial charge in [-0.3, -0.25) is 4.79 Å². The van der Waals surface area contributed by atoms with Crippen molar-refractivity contribution >= 4 is 33.3 Å². The fraction of sp³-hybridized carbons (Fsp3) is 0.300. The molecule has 1 rings (SSSR count). The van der Waals surface area contributed by atoms with Gasteiger partial charge in [-0.2, -0.15) is 0 Å². The Morgan fingerprint density at radius 3 is 2.94 bits per heavy atom. The van der Waals surface area contributed by atoms with Crippen molar-refractivity contribution in [1.82, 2.24) is 0 Å². The van der Waals surface area contributed by atoms with Gasteiger partial charge >= 0.3 is 5.97 Å². The zero-order chi connectivity index (χ0) is 12.1. The summed E-state index contributed by atoms with van der Waals surface area (Å²) in [7, 11) is 0. The fourth-order valence-corrected chi connectivity index (χ4v) is 1.46. The van der Waals surface area contributed by atoms with Gasteiger partial charge in [0.15, 0.2) is 0 Å². The third-order valence-electron chi connectivity index (χ3n) is 1.82. The van der Waals surface area contributed by atoms with Crippen LogP contribution in [0.5, 0.6) is 0 Å². The molecule has 0 heterocycles. The van der Waals surface area contributed by atoms with Crippen molar-refractivity contribution in [3.8, 4) is 0 Å². The summed E-state index contributed by atoms with van der Waals surface area (Å²) in [5, 5.41) is 2.71.